The van der Waals surface area contributed by atoms with Crippen molar-refractivity contribution in [3.05, 3.63) is 85.1 Å². The molecule has 0 aromatic rings. The number of nitrogens with two attached hydrogens (primary N) is 1. The van der Waals surface area contributed by atoms with Gasteiger partial charge in [0.1, 0.15) is 6.61 Å². The molecule has 0 saturated heterocycles. The fraction of sp³-hybridized carbons (Fsp3) is 0.543. The van der Waals surface area contributed by atoms with Crippen LogP contribution in [0.5, 0.6) is 0 Å². The first-order valence-electron chi connectivity index (χ1n) is 16.1. The van der Waals surface area contributed by atoms with Crippen LogP contribution in [-0.4, -0.2) is 49.3 Å². The second kappa shape index (κ2) is 31.2. The summed E-state index contributed by atoms with van der Waals surface area (Å²) in [7, 11) is -4.39. The van der Waals surface area contributed by atoms with Gasteiger partial charge in [-0.2, -0.15) is 0 Å². The lowest BCUT2D eigenvalue weighted by atomic mass is 10.1. The van der Waals surface area contributed by atoms with Crippen LogP contribution in [0.4, 0.5) is 0 Å². The Morgan fingerprint density at radius 3 is 1.98 bits per heavy atom. The van der Waals surface area contributed by atoms with Crippen LogP contribution in [0.25, 0.3) is 0 Å². The minimum absolute atomic E-state index is 0.0350. The number of ether oxygens (including phenoxy) is 2. The summed E-state index contributed by atoms with van der Waals surface area (Å²) < 4.78 is 32.4. The smallest absolute Gasteiger partial charge is 0.462 e. The maximum Gasteiger partial charge on any atom is 0.472 e. The highest BCUT2D eigenvalue weighted by Gasteiger charge is 2.25. The lowest BCUT2D eigenvalue weighted by Gasteiger charge is -2.19. The molecule has 0 fully saturated rings. The zero-order chi connectivity index (χ0) is 33.3. The molecule has 10 heteroatoms. The van der Waals surface area contributed by atoms with E-state index in [1.165, 1.54) is 0 Å². The molecule has 0 spiro atoms. The quantitative estimate of drug-likeness (QED) is 0.0283. The second-order valence-electron chi connectivity index (χ2n) is 10.0. The van der Waals surface area contributed by atoms with E-state index in [9.17, 15) is 19.0 Å². The molecule has 254 valence electrons. The third kappa shape index (κ3) is 31.0. The molecule has 9 nitrogen and oxygen atoms in total. The van der Waals surface area contributed by atoms with E-state index in [2.05, 4.69) is 56.4 Å². The largest absolute Gasteiger partial charge is 0.472 e. The zero-order valence-corrected chi connectivity index (χ0v) is 28.2. The number of carbonyl (C=O) groups is 2. The fourth-order valence-corrected chi connectivity index (χ4v) is 4.31. The van der Waals surface area contributed by atoms with Crippen LogP contribution in [0, 0.1) is 0 Å². The van der Waals surface area contributed by atoms with Crippen molar-refractivity contribution in [1.29, 1.82) is 0 Å². The summed E-state index contributed by atoms with van der Waals surface area (Å²) in [5.41, 5.74) is 5.30. The number of rotatable bonds is 28. The maximum atomic E-state index is 12.4. The predicted octanol–water partition coefficient (Wildman–Crippen LogP) is 8.15. The molecule has 2 atom stereocenters. The van der Waals surface area contributed by atoms with E-state index in [1.807, 2.05) is 42.5 Å². The van der Waals surface area contributed by atoms with Gasteiger partial charge in [0.2, 0.25) is 0 Å². The Bertz CT molecular complexity index is 1010. The summed E-state index contributed by atoms with van der Waals surface area (Å²) in [6, 6.07) is 0. The lowest BCUT2D eigenvalue weighted by Crippen LogP contribution is -2.29. The van der Waals surface area contributed by atoms with E-state index in [0.29, 0.717) is 12.8 Å². The van der Waals surface area contributed by atoms with Crippen molar-refractivity contribution < 1.29 is 37.6 Å². The van der Waals surface area contributed by atoms with Gasteiger partial charge in [0.15, 0.2) is 6.10 Å². The highest BCUT2D eigenvalue weighted by molar-refractivity contribution is 7.47. The highest BCUT2D eigenvalue weighted by Crippen LogP contribution is 2.43. The molecule has 0 heterocycles. The first kappa shape index (κ1) is 42.2. The van der Waals surface area contributed by atoms with Gasteiger partial charge < -0.3 is 20.1 Å². The van der Waals surface area contributed by atoms with Crippen LogP contribution in [-0.2, 0) is 32.7 Å². The van der Waals surface area contributed by atoms with Gasteiger partial charge in [-0.3, -0.25) is 18.6 Å². The number of carbonyl (C=O) groups excluding carboxylic acids is 2. The van der Waals surface area contributed by atoms with Crippen LogP contribution in [0.1, 0.15) is 90.9 Å². The van der Waals surface area contributed by atoms with Gasteiger partial charge in [-0.25, -0.2) is 4.57 Å². The molecular formula is C35H56NO8P. The summed E-state index contributed by atoms with van der Waals surface area (Å²) in [5.74, 6) is -0.955. The summed E-state index contributed by atoms with van der Waals surface area (Å²) >= 11 is 0. The van der Waals surface area contributed by atoms with Gasteiger partial charge in [0, 0.05) is 19.4 Å². The van der Waals surface area contributed by atoms with Crippen molar-refractivity contribution in [2.75, 3.05) is 26.4 Å². The number of phosphoric acid groups is 1. The van der Waals surface area contributed by atoms with E-state index in [1.54, 1.807) is 0 Å². The zero-order valence-electron chi connectivity index (χ0n) is 27.3. The molecule has 0 rings (SSSR count). The molecular weight excluding hydrogens is 593 g/mol. The Labute approximate surface area is 271 Å². The van der Waals surface area contributed by atoms with E-state index >= 15 is 0 Å². The van der Waals surface area contributed by atoms with Crippen molar-refractivity contribution in [2.45, 2.75) is 97.0 Å². The molecule has 0 aliphatic carbocycles. The molecule has 0 amide bonds. The van der Waals surface area contributed by atoms with Crippen LogP contribution in [0.15, 0.2) is 85.1 Å². The fourth-order valence-electron chi connectivity index (χ4n) is 3.55. The Kier molecular flexibility index (Phi) is 29.2. The van der Waals surface area contributed by atoms with Gasteiger partial charge in [0.25, 0.3) is 0 Å². The summed E-state index contributed by atoms with van der Waals surface area (Å²) in [6.07, 6.45) is 36.4. The number of allylic oxidation sites excluding steroid dienone is 14. The van der Waals surface area contributed by atoms with Crippen molar-refractivity contribution in [3.63, 3.8) is 0 Å². The van der Waals surface area contributed by atoms with Gasteiger partial charge in [-0.05, 0) is 57.8 Å². The highest BCUT2D eigenvalue weighted by atomic mass is 31.2. The van der Waals surface area contributed by atoms with Crippen molar-refractivity contribution >= 4 is 19.8 Å². The molecule has 0 bridgehead atoms. The minimum Gasteiger partial charge on any atom is -0.462 e. The van der Waals surface area contributed by atoms with Gasteiger partial charge in [-0.1, -0.05) is 105 Å². The average Bonchev–Trinajstić information content (AvgIpc) is 3.02. The molecule has 3 N–H and O–H groups in total. The predicted molar refractivity (Wildman–Crippen MR) is 182 cm³/mol. The van der Waals surface area contributed by atoms with Crippen molar-refractivity contribution in [2.24, 2.45) is 5.73 Å². The summed E-state index contributed by atoms with van der Waals surface area (Å²) in [5, 5.41) is 0. The summed E-state index contributed by atoms with van der Waals surface area (Å²) in [6.45, 7) is 3.30. The molecule has 0 radical (unpaired) electrons. The Morgan fingerprint density at radius 2 is 1.29 bits per heavy atom. The topological polar surface area (TPSA) is 134 Å². The Morgan fingerprint density at radius 1 is 0.689 bits per heavy atom. The molecule has 0 aromatic carbocycles. The monoisotopic (exact) mass is 649 g/mol. The molecule has 0 aliphatic rings. The van der Waals surface area contributed by atoms with Crippen molar-refractivity contribution in [3.8, 4) is 0 Å². The Balaban J connectivity index is 4.50. The lowest BCUT2D eigenvalue weighted by molar-refractivity contribution is -0.161. The van der Waals surface area contributed by atoms with Crippen LogP contribution in [0.3, 0.4) is 0 Å². The molecule has 0 aliphatic heterocycles. The average molecular weight is 650 g/mol. The SMILES string of the molecule is CC/C=C/C=C/C=C/C=C/CCCCCC(=O)OC(COC(=O)CCC/C=C/C/C=C/C/C=C/CC)COP(=O)(O)OCCN. The summed E-state index contributed by atoms with van der Waals surface area (Å²) in [4.78, 5) is 34.5. The van der Waals surface area contributed by atoms with Crippen LogP contribution >= 0.6 is 7.82 Å². The number of phosphoric ester groups is 1. The normalized spacial score (nSPS) is 14.7. The second-order valence-corrected chi connectivity index (χ2v) is 11.5. The van der Waals surface area contributed by atoms with E-state index < -0.39 is 32.5 Å². The third-order valence-corrected chi connectivity index (χ3v) is 6.86. The van der Waals surface area contributed by atoms with Crippen LogP contribution in [0.2, 0.25) is 0 Å². The standard InChI is InChI=1S/C35H56NO8P/c1-3-5-7-9-11-13-15-16-18-20-22-24-26-28-35(38)44-33(32-43-45(39,40)42-30-29-36)31-41-34(37)27-25-23-21-19-17-14-12-10-8-6-4-2/h5-9,11-16,18-19,21,33H,3-4,10,17,20,22-32,36H2,1-2H3,(H,39,40)/b7-5+,8-6+,11-9+,14-12+,15-13+,18-16+,21-19+. The van der Waals surface area contributed by atoms with E-state index in [4.69, 9.17) is 24.3 Å². The molecule has 2 unspecified atom stereocenters. The first-order valence-corrected chi connectivity index (χ1v) is 17.6. The Hall–Kier alpha value is -2.81. The maximum absolute atomic E-state index is 12.4. The van der Waals surface area contributed by atoms with Gasteiger partial charge >= 0.3 is 19.8 Å². The van der Waals surface area contributed by atoms with Gasteiger partial charge in [0.05, 0.1) is 13.2 Å². The first-order chi connectivity index (χ1) is 21.8. The number of hydrogen-bond donors (Lipinski definition) is 2. The minimum atomic E-state index is -4.39. The van der Waals surface area contributed by atoms with E-state index in [-0.39, 0.29) is 32.6 Å². The molecule has 45 heavy (non-hydrogen) atoms. The molecule has 0 aromatic heterocycles. The van der Waals surface area contributed by atoms with Crippen LogP contribution < -0.4 is 5.73 Å². The van der Waals surface area contributed by atoms with E-state index in [0.717, 1.165) is 51.4 Å². The number of esters is 2. The third-order valence-electron chi connectivity index (χ3n) is 5.87. The number of unbranched alkanes of at least 4 members (excludes halogenated alkanes) is 4. The number of hydrogen-bond acceptors (Lipinski definition) is 8. The van der Waals surface area contributed by atoms with Gasteiger partial charge in [-0.15, -0.1) is 0 Å². The van der Waals surface area contributed by atoms with Crippen molar-refractivity contribution in [1.82, 2.24) is 0 Å². The molecule has 0 saturated carbocycles.